The zero-order chi connectivity index (χ0) is 13.1. The van der Waals surface area contributed by atoms with Crippen molar-refractivity contribution in [1.29, 1.82) is 0 Å². The SMILES string of the molecule is C=C(NN)C1CCN(C(=O)OC(C)(C)C)CC1. The number of allylic oxidation sites excluding steroid dienone is 1. The predicted octanol–water partition coefficient (Wildman–Crippen LogP) is 1.61. The quantitative estimate of drug-likeness (QED) is 0.569. The topological polar surface area (TPSA) is 67.6 Å². The molecule has 0 aromatic carbocycles. The van der Waals surface area contributed by atoms with Crippen molar-refractivity contribution >= 4 is 6.09 Å². The highest BCUT2D eigenvalue weighted by atomic mass is 16.6. The van der Waals surface area contributed by atoms with E-state index in [4.69, 9.17) is 10.6 Å². The van der Waals surface area contributed by atoms with Gasteiger partial charge >= 0.3 is 6.09 Å². The Hall–Kier alpha value is -1.23. The number of rotatable bonds is 2. The van der Waals surface area contributed by atoms with Crippen molar-refractivity contribution in [1.82, 2.24) is 10.3 Å². The van der Waals surface area contributed by atoms with E-state index >= 15 is 0 Å². The number of ether oxygens (including phenoxy) is 1. The molecular formula is C12H23N3O2. The Balaban J connectivity index is 2.42. The normalized spacial score (nSPS) is 17.8. The third-order valence-corrected chi connectivity index (χ3v) is 2.82. The maximum atomic E-state index is 11.8. The molecule has 5 nitrogen and oxygen atoms in total. The van der Waals surface area contributed by atoms with Crippen LogP contribution in [0.2, 0.25) is 0 Å². The third-order valence-electron chi connectivity index (χ3n) is 2.82. The molecular weight excluding hydrogens is 218 g/mol. The molecule has 0 bridgehead atoms. The van der Waals surface area contributed by atoms with E-state index in [-0.39, 0.29) is 6.09 Å². The Bertz CT molecular complexity index is 289. The number of nitrogens with zero attached hydrogens (tertiary/aromatic N) is 1. The molecule has 0 unspecified atom stereocenters. The molecule has 0 aliphatic carbocycles. The van der Waals surface area contributed by atoms with Gasteiger partial charge in [0.2, 0.25) is 0 Å². The minimum Gasteiger partial charge on any atom is -0.444 e. The first-order chi connectivity index (χ1) is 7.83. The summed E-state index contributed by atoms with van der Waals surface area (Å²) in [6, 6.07) is 0. The number of hydrazine groups is 1. The molecule has 1 rings (SSSR count). The summed E-state index contributed by atoms with van der Waals surface area (Å²) in [5.41, 5.74) is 3.00. The summed E-state index contributed by atoms with van der Waals surface area (Å²) in [5.74, 6) is 5.67. The van der Waals surface area contributed by atoms with E-state index in [0.29, 0.717) is 19.0 Å². The Kier molecular flexibility index (Phi) is 4.40. The number of hydrogen-bond donors (Lipinski definition) is 2. The first-order valence-electron chi connectivity index (χ1n) is 5.97. The van der Waals surface area contributed by atoms with Crippen LogP contribution in [0.1, 0.15) is 33.6 Å². The van der Waals surface area contributed by atoms with Gasteiger partial charge in [-0.2, -0.15) is 0 Å². The molecule has 1 amide bonds. The number of likely N-dealkylation sites (tertiary alicyclic amines) is 1. The Morgan fingerprint density at radius 3 is 2.35 bits per heavy atom. The first-order valence-corrected chi connectivity index (χ1v) is 5.97. The highest BCUT2D eigenvalue weighted by Gasteiger charge is 2.27. The van der Waals surface area contributed by atoms with Crippen LogP contribution in [0.25, 0.3) is 0 Å². The predicted molar refractivity (Wildman–Crippen MR) is 67.0 cm³/mol. The number of hydrogen-bond acceptors (Lipinski definition) is 4. The zero-order valence-corrected chi connectivity index (χ0v) is 11.0. The van der Waals surface area contributed by atoms with E-state index in [1.807, 2.05) is 20.8 Å². The molecule has 1 saturated heterocycles. The summed E-state index contributed by atoms with van der Waals surface area (Å²) < 4.78 is 5.32. The van der Waals surface area contributed by atoms with Gasteiger partial charge in [-0.3, -0.25) is 5.84 Å². The van der Waals surface area contributed by atoms with E-state index in [0.717, 1.165) is 18.5 Å². The standard InChI is InChI=1S/C12H23N3O2/c1-9(14-13)10-5-7-15(8-6-10)11(16)17-12(2,3)4/h10,14H,1,5-8,13H2,2-4H3. The lowest BCUT2D eigenvalue weighted by atomic mass is 9.94. The average molecular weight is 241 g/mol. The van der Waals surface area contributed by atoms with Crippen molar-refractivity contribution in [3.05, 3.63) is 12.3 Å². The molecule has 0 aromatic heterocycles. The fraction of sp³-hybridized carbons (Fsp3) is 0.750. The molecule has 1 aliphatic heterocycles. The minimum absolute atomic E-state index is 0.234. The van der Waals surface area contributed by atoms with Crippen molar-refractivity contribution in [2.24, 2.45) is 11.8 Å². The monoisotopic (exact) mass is 241 g/mol. The van der Waals surface area contributed by atoms with Crippen LogP contribution >= 0.6 is 0 Å². The van der Waals surface area contributed by atoms with Crippen LogP contribution in [0.3, 0.4) is 0 Å². The number of nitrogens with two attached hydrogens (primary N) is 1. The van der Waals surface area contributed by atoms with E-state index in [1.54, 1.807) is 4.90 Å². The number of carbonyl (C=O) groups excluding carboxylic acids is 1. The molecule has 3 N–H and O–H groups in total. The largest absolute Gasteiger partial charge is 0.444 e. The van der Waals surface area contributed by atoms with Crippen molar-refractivity contribution in [3.63, 3.8) is 0 Å². The van der Waals surface area contributed by atoms with E-state index in [9.17, 15) is 4.79 Å². The maximum Gasteiger partial charge on any atom is 0.410 e. The summed E-state index contributed by atoms with van der Waals surface area (Å²) >= 11 is 0. The second kappa shape index (κ2) is 5.40. The summed E-state index contributed by atoms with van der Waals surface area (Å²) in [6.07, 6.45) is 1.52. The number of nitrogens with one attached hydrogen (secondary N) is 1. The van der Waals surface area contributed by atoms with Gasteiger partial charge in [-0.1, -0.05) is 6.58 Å². The molecule has 0 spiro atoms. The van der Waals surface area contributed by atoms with Crippen molar-refractivity contribution in [3.8, 4) is 0 Å². The van der Waals surface area contributed by atoms with Crippen LogP contribution < -0.4 is 11.3 Å². The molecule has 17 heavy (non-hydrogen) atoms. The lowest BCUT2D eigenvalue weighted by Crippen LogP contribution is -2.43. The molecule has 0 saturated carbocycles. The summed E-state index contributed by atoms with van der Waals surface area (Å²) in [7, 11) is 0. The number of piperidine rings is 1. The average Bonchev–Trinajstić information content (AvgIpc) is 2.26. The molecule has 5 heteroatoms. The van der Waals surface area contributed by atoms with Gasteiger partial charge in [-0.15, -0.1) is 0 Å². The van der Waals surface area contributed by atoms with Gasteiger partial charge in [0, 0.05) is 24.7 Å². The first kappa shape index (κ1) is 13.8. The van der Waals surface area contributed by atoms with Crippen LogP contribution in [-0.4, -0.2) is 29.7 Å². The Morgan fingerprint density at radius 1 is 1.41 bits per heavy atom. The fourth-order valence-corrected chi connectivity index (χ4v) is 1.85. The minimum atomic E-state index is -0.434. The van der Waals surface area contributed by atoms with Gasteiger partial charge in [-0.25, -0.2) is 4.79 Å². The highest BCUT2D eigenvalue weighted by molar-refractivity contribution is 5.68. The van der Waals surface area contributed by atoms with Gasteiger partial charge in [0.1, 0.15) is 5.60 Å². The highest BCUT2D eigenvalue weighted by Crippen LogP contribution is 2.23. The van der Waals surface area contributed by atoms with Crippen LogP contribution in [0.4, 0.5) is 4.79 Å². The van der Waals surface area contributed by atoms with Gasteiger partial charge in [-0.05, 0) is 33.6 Å². The van der Waals surface area contributed by atoms with Gasteiger partial charge in [0.15, 0.2) is 0 Å². The lowest BCUT2D eigenvalue weighted by Gasteiger charge is -2.33. The van der Waals surface area contributed by atoms with Crippen LogP contribution in [0.5, 0.6) is 0 Å². The molecule has 1 fully saturated rings. The van der Waals surface area contributed by atoms with Gasteiger partial charge in [0.05, 0.1) is 0 Å². The Labute approximate surface area is 103 Å². The van der Waals surface area contributed by atoms with Crippen LogP contribution in [0, 0.1) is 5.92 Å². The van der Waals surface area contributed by atoms with Crippen molar-refractivity contribution in [2.75, 3.05) is 13.1 Å². The lowest BCUT2D eigenvalue weighted by molar-refractivity contribution is 0.0193. The molecule has 1 heterocycles. The summed E-state index contributed by atoms with van der Waals surface area (Å²) in [5, 5.41) is 0. The Morgan fingerprint density at radius 2 is 1.94 bits per heavy atom. The van der Waals surface area contributed by atoms with Crippen molar-refractivity contribution in [2.45, 2.75) is 39.2 Å². The van der Waals surface area contributed by atoms with Gasteiger partial charge < -0.3 is 15.1 Å². The van der Waals surface area contributed by atoms with Crippen molar-refractivity contribution < 1.29 is 9.53 Å². The van der Waals surface area contributed by atoms with E-state index < -0.39 is 5.60 Å². The molecule has 1 aliphatic rings. The maximum absolute atomic E-state index is 11.8. The third kappa shape index (κ3) is 4.26. The smallest absolute Gasteiger partial charge is 0.410 e. The number of amides is 1. The molecule has 0 aromatic rings. The second-order valence-electron chi connectivity index (χ2n) is 5.41. The van der Waals surface area contributed by atoms with Crippen LogP contribution in [0.15, 0.2) is 12.3 Å². The van der Waals surface area contributed by atoms with Crippen LogP contribution in [-0.2, 0) is 4.74 Å². The second-order valence-corrected chi connectivity index (χ2v) is 5.41. The van der Waals surface area contributed by atoms with E-state index in [1.165, 1.54) is 0 Å². The number of carbonyl (C=O) groups is 1. The van der Waals surface area contributed by atoms with Gasteiger partial charge in [0.25, 0.3) is 0 Å². The fourth-order valence-electron chi connectivity index (χ4n) is 1.85. The molecule has 98 valence electrons. The molecule has 0 atom stereocenters. The zero-order valence-electron chi connectivity index (χ0n) is 11.0. The summed E-state index contributed by atoms with van der Waals surface area (Å²) in [4.78, 5) is 13.5. The summed E-state index contributed by atoms with van der Waals surface area (Å²) in [6.45, 7) is 10.9. The van der Waals surface area contributed by atoms with E-state index in [2.05, 4.69) is 12.0 Å². The molecule has 0 radical (unpaired) electrons.